The van der Waals surface area contributed by atoms with Gasteiger partial charge in [0.1, 0.15) is 0 Å². The molecule has 3 N–H and O–H groups in total. The van der Waals surface area contributed by atoms with Crippen LogP contribution < -0.4 is 0 Å². The maximum atomic E-state index is 12.3. The Kier molecular flexibility index (Phi) is 2.53. The van der Waals surface area contributed by atoms with Gasteiger partial charge in [0.25, 0.3) is 0 Å². The predicted molar refractivity (Wildman–Crippen MR) is 67.5 cm³/mol. The Morgan fingerprint density at radius 2 is 1.58 bits per heavy atom. The molecule has 0 heterocycles. The normalized spacial score (nSPS) is 13.9. The third kappa shape index (κ3) is 1.86. The van der Waals surface area contributed by atoms with Crippen molar-refractivity contribution in [1.29, 1.82) is 0 Å². The van der Waals surface area contributed by atoms with Gasteiger partial charge in [0.15, 0.2) is 5.78 Å². The van der Waals surface area contributed by atoms with Crippen LogP contribution in [0, 0.1) is 0 Å². The summed E-state index contributed by atoms with van der Waals surface area (Å²) in [6.07, 6.45) is 0.386. The van der Waals surface area contributed by atoms with E-state index in [2.05, 4.69) is 0 Å². The number of hydrogen-bond acceptors (Lipinski definition) is 4. The van der Waals surface area contributed by atoms with Crippen molar-refractivity contribution in [2.45, 2.75) is 12.4 Å². The Labute approximate surface area is 109 Å². The molecule has 0 unspecified atom stereocenters. The second-order valence-electron chi connectivity index (χ2n) is 4.63. The second-order valence-corrected chi connectivity index (χ2v) is 4.63. The van der Waals surface area contributed by atoms with E-state index in [4.69, 9.17) is 0 Å². The van der Waals surface area contributed by atoms with E-state index in [0.717, 1.165) is 5.56 Å². The number of rotatable bonds is 1. The number of hydrogen-bond donors (Lipinski definition) is 3. The zero-order chi connectivity index (χ0) is 13.6. The van der Waals surface area contributed by atoms with Gasteiger partial charge in [-0.25, -0.2) is 0 Å². The van der Waals surface area contributed by atoms with Gasteiger partial charge in [-0.3, -0.25) is 4.79 Å². The summed E-state index contributed by atoms with van der Waals surface area (Å²) in [7, 11) is 0. The molecule has 0 radical (unpaired) electrons. The fraction of sp³-hybridized carbons (Fsp3) is 0.133. The molecule has 0 spiro atoms. The van der Waals surface area contributed by atoms with Crippen LogP contribution in [0.25, 0.3) is 0 Å². The first-order valence-electron chi connectivity index (χ1n) is 5.90. The molecule has 0 saturated carbocycles. The third-order valence-electron chi connectivity index (χ3n) is 3.41. The zero-order valence-corrected chi connectivity index (χ0v) is 10.00. The Balaban J connectivity index is 2.24. The summed E-state index contributed by atoms with van der Waals surface area (Å²) in [6.45, 7) is 0. The summed E-state index contributed by atoms with van der Waals surface area (Å²) in [5.41, 5.74) is 2.24. The highest BCUT2D eigenvalue weighted by molar-refractivity contribution is 6.12. The van der Waals surface area contributed by atoms with Gasteiger partial charge in [-0.05, 0) is 17.5 Å². The molecule has 0 saturated heterocycles. The summed E-state index contributed by atoms with van der Waals surface area (Å²) in [5, 5.41) is 28.1. The SMILES string of the molecule is O=C1c2ccccc2Cc2c1cccc2C(O)(O)O. The van der Waals surface area contributed by atoms with Crippen LogP contribution in [-0.2, 0) is 12.4 Å². The molecule has 1 aliphatic carbocycles. The minimum absolute atomic E-state index is 0.0483. The fourth-order valence-corrected chi connectivity index (χ4v) is 2.54. The molecule has 0 aliphatic heterocycles. The molecule has 0 aromatic heterocycles. The van der Waals surface area contributed by atoms with Gasteiger partial charge in [0.05, 0.1) is 0 Å². The van der Waals surface area contributed by atoms with Crippen molar-refractivity contribution in [3.8, 4) is 0 Å². The van der Waals surface area contributed by atoms with Gasteiger partial charge in [-0.15, -0.1) is 0 Å². The highest BCUT2D eigenvalue weighted by Crippen LogP contribution is 2.32. The topological polar surface area (TPSA) is 77.8 Å². The van der Waals surface area contributed by atoms with Crippen molar-refractivity contribution < 1.29 is 20.1 Å². The minimum atomic E-state index is -2.93. The van der Waals surface area contributed by atoms with Crippen LogP contribution in [0.4, 0.5) is 0 Å². The van der Waals surface area contributed by atoms with Crippen molar-refractivity contribution in [2.75, 3.05) is 0 Å². The lowest BCUT2D eigenvalue weighted by atomic mass is 9.82. The third-order valence-corrected chi connectivity index (χ3v) is 3.41. The molecule has 4 heteroatoms. The molecular formula is C15H12O4. The van der Waals surface area contributed by atoms with Gasteiger partial charge < -0.3 is 15.3 Å². The highest BCUT2D eigenvalue weighted by Gasteiger charge is 2.31. The first-order valence-corrected chi connectivity index (χ1v) is 5.90. The minimum Gasteiger partial charge on any atom is -0.340 e. The first kappa shape index (κ1) is 12.0. The first-order chi connectivity index (χ1) is 8.98. The molecule has 4 nitrogen and oxygen atoms in total. The zero-order valence-electron chi connectivity index (χ0n) is 10.00. The molecule has 1 aliphatic rings. The Morgan fingerprint density at radius 3 is 2.32 bits per heavy atom. The van der Waals surface area contributed by atoms with Gasteiger partial charge in [-0.1, -0.05) is 42.5 Å². The molecule has 2 aromatic carbocycles. The van der Waals surface area contributed by atoms with E-state index >= 15 is 0 Å². The standard InChI is InChI=1S/C15H12O4/c16-14-10-5-2-1-4-9(10)8-12-11(14)6-3-7-13(12)15(17,18)19/h1-7,17-19H,8H2. The van der Waals surface area contributed by atoms with Crippen molar-refractivity contribution in [2.24, 2.45) is 0 Å². The molecular weight excluding hydrogens is 244 g/mol. The van der Waals surface area contributed by atoms with Crippen LogP contribution in [0.2, 0.25) is 0 Å². The number of carbonyl (C=O) groups excluding carboxylic acids is 1. The molecule has 0 bridgehead atoms. The molecule has 0 amide bonds. The Bertz CT molecular complexity index is 668. The molecule has 19 heavy (non-hydrogen) atoms. The lowest BCUT2D eigenvalue weighted by molar-refractivity contribution is -0.324. The summed E-state index contributed by atoms with van der Waals surface area (Å²) >= 11 is 0. The summed E-state index contributed by atoms with van der Waals surface area (Å²) in [6, 6.07) is 11.7. The van der Waals surface area contributed by atoms with Crippen molar-refractivity contribution in [1.82, 2.24) is 0 Å². The number of fused-ring (bicyclic) bond motifs is 2. The van der Waals surface area contributed by atoms with Gasteiger partial charge in [0, 0.05) is 16.7 Å². The Hall–Kier alpha value is -2.01. The summed E-state index contributed by atoms with van der Waals surface area (Å²) in [5.74, 6) is -3.10. The van der Waals surface area contributed by atoms with E-state index < -0.39 is 5.97 Å². The van der Waals surface area contributed by atoms with E-state index in [-0.39, 0.29) is 11.3 Å². The van der Waals surface area contributed by atoms with Crippen molar-refractivity contribution in [3.63, 3.8) is 0 Å². The largest absolute Gasteiger partial charge is 0.340 e. The fourth-order valence-electron chi connectivity index (χ4n) is 2.54. The van der Waals surface area contributed by atoms with E-state index in [9.17, 15) is 20.1 Å². The molecule has 3 rings (SSSR count). The van der Waals surface area contributed by atoms with E-state index in [1.165, 1.54) is 12.1 Å². The maximum Gasteiger partial charge on any atom is 0.304 e. The summed E-state index contributed by atoms with van der Waals surface area (Å²) < 4.78 is 0. The average molecular weight is 256 g/mol. The summed E-state index contributed by atoms with van der Waals surface area (Å²) in [4.78, 5) is 12.3. The number of benzene rings is 2. The van der Waals surface area contributed by atoms with Gasteiger partial charge in [-0.2, -0.15) is 0 Å². The molecule has 2 aromatic rings. The average Bonchev–Trinajstić information content (AvgIpc) is 2.37. The second kappa shape index (κ2) is 3.99. The number of carbonyl (C=O) groups is 1. The van der Waals surface area contributed by atoms with Crippen LogP contribution in [0.15, 0.2) is 42.5 Å². The monoisotopic (exact) mass is 256 g/mol. The Morgan fingerprint density at radius 1 is 0.895 bits per heavy atom. The highest BCUT2D eigenvalue weighted by atomic mass is 16.7. The van der Waals surface area contributed by atoms with Crippen molar-refractivity contribution in [3.05, 3.63) is 70.3 Å². The van der Waals surface area contributed by atoms with Crippen molar-refractivity contribution >= 4 is 5.78 Å². The van der Waals surface area contributed by atoms with Gasteiger partial charge in [0.2, 0.25) is 0 Å². The van der Waals surface area contributed by atoms with Crippen LogP contribution in [0.3, 0.4) is 0 Å². The molecule has 0 atom stereocenters. The number of ketones is 1. The van der Waals surface area contributed by atoms with Crippen LogP contribution in [0.1, 0.15) is 32.6 Å². The predicted octanol–water partition coefficient (Wildman–Crippen LogP) is 0.909. The van der Waals surface area contributed by atoms with E-state index in [0.29, 0.717) is 23.1 Å². The molecule has 0 fully saturated rings. The van der Waals surface area contributed by atoms with E-state index in [1.807, 2.05) is 12.1 Å². The quantitative estimate of drug-likeness (QED) is 0.565. The van der Waals surface area contributed by atoms with Gasteiger partial charge >= 0.3 is 5.97 Å². The maximum absolute atomic E-state index is 12.3. The molecule has 96 valence electrons. The van der Waals surface area contributed by atoms with Crippen LogP contribution >= 0.6 is 0 Å². The smallest absolute Gasteiger partial charge is 0.304 e. The lowest BCUT2D eigenvalue weighted by Gasteiger charge is -2.24. The van der Waals surface area contributed by atoms with Crippen LogP contribution in [-0.4, -0.2) is 21.1 Å². The lowest BCUT2D eigenvalue weighted by Crippen LogP contribution is -2.28. The van der Waals surface area contributed by atoms with Crippen LogP contribution in [0.5, 0.6) is 0 Å². The number of aliphatic hydroxyl groups is 3. The van der Waals surface area contributed by atoms with E-state index in [1.54, 1.807) is 18.2 Å².